The first-order valence-corrected chi connectivity index (χ1v) is 9.58. The molecule has 2 atom stereocenters. The van der Waals surface area contributed by atoms with Crippen LogP contribution >= 0.6 is 0 Å². The normalized spacial score (nSPS) is 20.3. The van der Waals surface area contributed by atoms with Crippen LogP contribution in [0.25, 0.3) is 22.1 Å². The number of hydrogen-bond donors (Lipinski definition) is 2. The maximum Gasteiger partial charge on any atom is 0.460 e. The third kappa shape index (κ3) is 3.26. The summed E-state index contributed by atoms with van der Waals surface area (Å²) >= 11 is 0. The molecule has 0 saturated carbocycles. The molecule has 0 spiro atoms. The fourth-order valence-electron chi connectivity index (χ4n) is 4.05. The summed E-state index contributed by atoms with van der Waals surface area (Å²) in [6, 6.07) is -5.32. The highest BCUT2D eigenvalue weighted by molar-refractivity contribution is 6.01. The molecule has 0 amide bonds. The third-order valence-corrected chi connectivity index (χ3v) is 5.69. The lowest BCUT2D eigenvalue weighted by atomic mass is 10.1. The fourth-order valence-corrected chi connectivity index (χ4v) is 4.05. The molecule has 15 heteroatoms. The second-order valence-electron chi connectivity index (χ2n) is 7.82. The third-order valence-electron chi connectivity index (χ3n) is 5.69. The van der Waals surface area contributed by atoms with Crippen molar-refractivity contribution in [2.45, 2.75) is 49.6 Å². The predicted octanol–water partition coefficient (Wildman–Crippen LogP) is 4.64. The van der Waals surface area contributed by atoms with Crippen LogP contribution < -0.4 is 0 Å². The monoisotopic (exact) mass is 489 g/mol. The van der Waals surface area contributed by atoms with Gasteiger partial charge < -0.3 is 14.7 Å². The zero-order valence-corrected chi connectivity index (χ0v) is 16.6. The number of aliphatic hydroxyl groups is 1. The maximum atomic E-state index is 14.4. The average Bonchev–Trinajstić information content (AvgIpc) is 3.42. The average molecular weight is 489 g/mol. The Morgan fingerprint density at radius 2 is 1.76 bits per heavy atom. The van der Waals surface area contributed by atoms with Gasteiger partial charge in [-0.1, -0.05) is 0 Å². The fraction of sp³-hybridized carbons (Fsp3) is 0.556. The Morgan fingerprint density at radius 3 is 2.36 bits per heavy atom. The van der Waals surface area contributed by atoms with Crippen molar-refractivity contribution in [1.82, 2.24) is 24.4 Å². The van der Waals surface area contributed by atoms with E-state index >= 15 is 0 Å². The molecule has 1 aliphatic heterocycles. The predicted molar refractivity (Wildman–Crippen MR) is 96.1 cm³/mol. The van der Waals surface area contributed by atoms with E-state index in [-0.39, 0.29) is 17.8 Å². The van der Waals surface area contributed by atoms with Crippen molar-refractivity contribution >= 4 is 22.1 Å². The molecule has 4 rings (SSSR count). The summed E-state index contributed by atoms with van der Waals surface area (Å²) in [7, 11) is 0. The second-order valence-corrected chi connectivity index (χ2v) is 7.82. The molecular weight excluding hydrogens is 473 g/mol. The van der Waals surface area contributed by atoms with E-state index in [1.807, 2.05) is 0 Å². The first-order chi connectivity index (χ1) is 15.1. The maximum absolute atomic E-state index is 14.4. The highest BCUT2D eigenvalue weighted by Crippen LogP contribution is 2.55. The van der Waals surface area contributed by atoms with Gasteiger partial charge in [0, 0.05) is 30.7 Å². The quantitative estimate of drug-likeness (QED) is 0.405. The van der Waals surface area contributed by atoms with E-state index in [4.69, 9.17) is 0 Å². The van der Waals surface area contributed by atoms with E-state index in [9.17, 15) is 44.6 Å². The first kappa shape index (κ1) is 23.6. The largest absolute Gasteiger partial charge is 0.460 e. The molecule has 3 aromatic heterocycles. The molecule has 1 saturated heterocycles. The number of rotatable bonds is 5. The smallest absolute Gasteiger partial charge is 0.385 e. The molecule has 1 fully saturated rings. The van der Waals surface area contributed by atoms with Crippen molar-refractivity contribution in [2.75, 3.05) is 13.1 Å². The minimum Gasteiger partial charge on any atom is -0.385 e. The van der Waals surface area contributed by atoms with E-state index in [0.717, 1.165) is 0 Å². The number of nitrogens with zero attached hydrogens (tertiary/aromatic N) is 4. The summed E-state index contributed by atoms with van der Waals surface area (Å²) in [5.74, 6) is -13.7. The molecule has 0 unspecified atom stereocenters. The van der Waals surface area contributed by atoms with Gasteiger partial charge in [0.2, 0.25) is 0 Å². The molecule has 6 nitrogen and oxygen atoms in total. The van der Waals surface area contributed by atoms with Crippen molar-refractivity contribution < 1.29 is 44.6 Å². The first-order valence-electron chi connectivity index (χ1n) is 9.58. The van der Waals surface area contributed by atoms with Crippen molar-refractivity contribution in [1.29, 1.82) is 0 Å². The van der Waals surface area contributed by atoms with Crippen LogP contribution in [0.3, 0.4) is 0 Å². The van der Waals surface area contributed by atoms with Gasteiger partial charge in [-0.15, -0.1) is 0 Å². The van der Waals surface area contributed by atoms with E-state index in [1.165, 1.54) is 23.9 Å². The summed E-state index contributed by atoms with van der Waals surface area (Å²) in [6.07, 6.45) is -5.58. The molecule has 33 heavy (non-hydrogen) atoms. The number of imidazole rings is 1. The van der Waals surface area contributed by atoms with Gasteiger partial charge in [0.25, 0.3) is 0 Å². The Kier molecular flexibility index (Phi) is 5.17. The Balaban J connectivity index is 1.75. The summed E-state index contributed by atoms with van der Waals surface area (Å²) in [6.45, 7) is -0.573. The Bertz CT molecular complexity index is 1180. The van der Waals surface area contributed by atoms with Gasteiger partial charge in [0.15, 0.2) is 0 Å². The lowest BCUT2D eigenvalue weighted by Crippen LogP contribution is -2.66. The van der Waals surface area contributed by atoms with Crippen LogP contribution in [0.5, 0.6) is 0 Å². The summed E-state index contributed by atoms with van der Waals surface area (Å²) in [4.78, 5) is 10.7. The van der Waals surface area contributed by atoms with Crippen molar-refractivity contribution in [3.05, 3.63) is 24.3 Å². The second kappa shape index (κ2) is 7.22. The van der Waals surface area contributed by atoms with E-state index in [2.05, 4.69) is 15.0 Å². The van der Waals surface area contributed by atoms with E-state index in [1.54, 1.807) is 6.07 Å². The van der Waals surface area contributed by atoms with Crippen molar-refractivity contribution in [3.63, 3.8) is 0 Å². The molecule has 0 radical (unpaired) electrons. The van der Waals surface area contributed by atoms with Gasteiger partial charge in [-0.25, -0.2) is 14.9 Å². The van der Waals surface area contributed by atoms with Gasteiger partial charge in [0.1, 0.15) is 23.1 Å². The molecule has 4 heterocycles. The molecule has 0 aromatic carbocycles. The molecule has 182 valence electrons. The number of aliphatic hydroxyl groups excluding tert-OH is 1. The summed E-state index contributed by atoms with van der Waals surface area (Å²) in [5.41, 5.74) is 0.939. The van der Waals surface area contributed by atoms with Gasteiger partial charge in [-0.2, -0.15) is 39.5 Å². The number of fused-ring (bicyclic) bond motifs is 3. The van der Waals surface area contributed by atoms with Crippen LogP contribution in [0.1, 0.15) is 31.3 Å². The molecular formula is C18H16F9N5O. The Labute approximate surface area is 179 Å². The summed E-state index contributed by atoms with van der Waals surface area (Å²) in [5, 5.41) is 10.6. The van der Waals surface area contributed by atoms with Crippen LogP contribution in [0.2, 0.25) is 0 Å². The van der Waals surface area contributed by atoms with Gasteiger partial charge >= 0.3 is 24.1 Å². The SMILES string of the molecule is C[C@@H](O)c1nc2cnc3[nH]ccc3c2n1[C@H]1CCN(C(F)(F)C(F)(F)C(F)(F)C(F)(F)F)C1. The summed E-state index contributed by atoms with van der Waals surface area (Å²) < 4.78 is 122. The molecule has 0 aliphatic carbocycles. The molecule has 3 aromatic rings. The highest BCUT2D eigenvalue weighted by atomic mass is 19.4. The Morgan fingerprint density at radius 1 is 1.09 bits per heavy atom. The van der Waals surface area contributed by atoms with Crippen molar-refractivity contribution in [3.8, 4) is 0 Å². The van der Waals surface area contributed by atoms with Crippen molar-refractivity contribution in [2.24, 2.45) is 0 Å². The number of halogens is 9. The standard InChI is InChI=1S/C18H16F9N5O/c1-8(33)14-30-11-6-29-13-10(2-4-28-13)12(11)32(14)9-3-5-31(7-9)18(26,27)16(21,22)15(19,20)17(23,24)25/h2,4,6,8-9,33H,3,5,7H2,1H3,(H,28,29)/t8-,9+/m1/s1. The zero-order chi connectivity index (χ0) is 24.6. The molecule has 0 bridgehead atoms. The number of likely N-dealkylation sites (tertiary alicyclic amines) is 1. The van der Waals surface area contributed by atoms with Gasteiger partial charge in [-0.05, 0) is 19.4 Å². The highest BCUT2D eigenvalue weighted by Gasteiger charge is 2.83. The molecule has 2 N–H and O–H groups in total. The minimum atomic E-state index is -6.96. The van der Waals surface area contributed by atoms with E-state index < -0.39 is 54.2 Å². The van der Waals surface area contributed by atoms with Crippen LogP contribution in [-0.2, 0) is 0 Å². The van der Waals surface area contributed by atoms with E-state index in [0.29, 0.717) is 16.6 Å². The minimum absolute atomic E-state index is 0.0250. The number of alkyl halides is 9. The number of nitrogens with one attached hydrogen (secondary N) is 1. The Hall–Kier alpha value is -2.55. The number of aromatic nitrogens is 4. The molecule has 1 aliphatic rings. The number of pyridine rings is 1. The lowest BCUT2D eigenvalue weighted by Gasteiger charge is -2.38. The van der Waals surface area contributed by atoms with Crippen LogP contribution in [0, 0.1) is 0 Å². The van der Waals surface area contributed by atoms with Gasteiger partial charge in [0.05, 0.1) is 11.7 Å². The lowest BCUT2D eigenvalue weighted by molar-refractivity contribution is -0.417. The van der Waals surface area contributed by atoms with Crippen LogP contribution in [-0.4, -0.2) is 66.7 Å². The number of H-pyrrole nitrogens is 1. The van der Waals surface area contributed by atoms with Gasteiger partial charge in [-0.3, -0.25) is 0 Å². The van der Waals surface area contributed by atoms with Crippen LogP contribution in [0.4, 0.5) is 39.5 Å². The number of aromatic amines is 1. The topological polar surface area (TPSA) is 70.0 Å². The van der Waals surface area contributed by atoms with Crippen LogP contribution in [0.15, 0.2) is 18.5 Å². The zero-order valence-electron chi connectivity index (χ0n) is 16.6. The number of hydrogen-bond acceptors (Lipinski definition) is 4.